The summed E-state index contributed by atoms with van der Waals surface area (Å²) >= 11 is 2.94. The molecule has 1 fully saturated rings. The Morgan fingerprint density at radius 2 is 2.00 bits per heavy atom. The zero-order chi connectivity index (χ0) is 15.8. The number of hydrogen-bond donors (Lipinski definition) is 1. The fraction of sp³-hybridized carbons (Fsp3) is 0.500. The first-order chi connectivity index (χ1) is 9.60. The topological polar surface area (TPSA) is 49.4 Å². The van der Waals surface area contributed by atoms with E-state index in [1.165, 1.54) is 10.4 Å². The fourth-order valence-electron chi connectivity index (χ4n) is 2.14. The van der Waals surface area contributed by atoms with Gasteiger partial charge in [0.05, 0.1) is 10.5 Å². The second-order valence-electron chi connectivity index (χ2n) is 4.89. The summed E-state index contributed by atoms with van der Waals surface area (Å²) in [5, 5.41) is 3.09. The van der Waals surface area contributed by atoms with Gasteiger partial charge in [-0.25, -0.2) is 8.42 Å². The summed E-state index contributed by atoms with van der Waals surface area (Å²) in [4.78, 5) is -0.349. The largest absolute Gasteiger partial charge is 0.416 e. The van der Waals surface area contributed by atoms with Gasteiger partial charge in [-0.2, -0.15) is 17.5 Å². The molecule has 1 saturated heterocycles. The van der Waals surface area contributed by atoms with Crippen LogP contribution in [0.5, 0.6) is 0 Å². The molecule has 9 heteroatoms. The Labute approximate surface area is 129 Å². The summed E-state index contributed by atoms with van der Waals surface area (Å²) in [7, 11) is -3.94. The maximum absolute atomic E-state index is 12.8. The van der Waals surface area contributed by atoms with Crippen LogP contribution in [0.25, 0.3) is 0 Å². The first-order valence-corrected chi connectivity index (χ1v) is 8.45. The van der Waals surface area contributed by atoms with Crippen molar-refractivity contribution in [3.63, 3.8) is 0 Å². The Balaban J connectivity index is 2.42. The van der Waals surface area contributed by atoms with E-state index in [0.29, 0.717) is 12.6 Å². The minimum Gasteiger partial charge on any atom is -0.312 e. The molecule has 0 bridgehead atoms. The van der Waals surface area contributed by atoms with Gasteiger partial charge in [0.2, 0.25) is 10.0 Å². The predicted octanol–water partition coefficient (Wildman–Crippen LogP) is 2.45. The molecule has 0 amide bonds. The second kappa shape index (κ2) is 5.86. The quantitative estimate of drug-likeness (QED) is 0.849. The standard InChI is InChI=1S/C12H14BrF3N2O2S/c1-8-7-18(3-2-17-8)21(19,20)11-5-9(12(14,15)16)4-10(13)6-11/h4-6,8,17H,2-3,7H2,1H3. The monoisotopic (exact) mass is 386 g/mol. The van der Waals surface area contributed by atoms with Gasteiger partial charge in [0.1, 0.15) is 0 Å². The summed E-state index contributed by atoms with van der Waals surface area (Å²) < 4.78 is 64.6. The van der Waals surface area contributed by atoms with Crippen LogP contribution in [0, 0.1) is 0 Å². The summed E-state index contributed by atoms with van der Waals surface area (Å²) in [5.41, 5.74) is -0.987. The average Bonchev–Trinajstić information content (AvgIpc) is 2.37. The van der Waals surface area contributed by atoms with Gasteiger partial charge in [-0.15, -0.1) is 0 Å². The van der Waals surface area contributed by atoms with Crippen LogP contribution in [0.4, 0.5) is 13.2 Å². The molecule has 0 radical (unpaired) electrons. The Morgan fingerprint density at radius 3 is 2.57 bits per heavy atom. The lowest BCUT2D eigenvalue weighted by Crippen LogP contribution is -2.51. The van der Waals surface area contributed by atoms with Crippen LogP contribution in [0.1, 0.15) is 12.5 Å². The Kier molecular flexibility index (Phi) is 4.67. The first kappa shape index (κ1) is 16.7. The molecule has 0 aliphatic carbocycles. The van der Waals surface area contributed by atoms with E-state index in [9.17, 15) is 21.6 Å². The normalized spacial score (nSPS) is 21.5. The Bertz CT molecular complexity index is 634. The van der Waals surface area contributed by atoms with Crippen LogP contribution in [0.2, 0.25) is 0 Å². The van der Waals surface area contributed by atoms with Crippen molar-refractivity contribution in [2.45, 2.75) is 24.0 Å². The van der Waals surface area contributed by atoms with E-state index in [4.69, 9.17) is 0 Å². The summed E-state index contributed by atoms with van der Waals surface area (Å²) in [6, 6.07) is 2.69. The van der Waals surface area contributed by atoms with Crippen molar-refractivity contribution < 1.29 is 21.6 Å². The molecule has 2 rings (SSSR count). The third-order valence-corrected chi connectivity index (χ3v) is 5.47. The lowest BCUT2D eigenvalue weighted by Gasteiger charge is -2.31. The third-order valence-electron chi connectivity index (χ3n) is 3.17. The van der Waals surface area contributed by atoms with Gasteiger partial charge in [-0.1, -0.05) is 15.9 Å². The number of nitrogens with zero attached hydrogens (tertiary/aromatic N) is 1. The van der Waals surface area contributed by atoms with E-state index in [1.807, 2.05) is 6.92 Å². The lowest BCUT2D eigenvalue weighted by atomic mass is 10.2. The highest BCUT2D eigenvalue weighted by Gasteiger charge is 2.34. The van der Waals surface area contributed by atoms with Gasteiger partial charge in [0.25, 0.3) is 0 Å². The van der Waals surface area contributed by atoms with E-state index in [0.717, 1.165) is 6.07 Å². The Hall–Kier alpha value is -0.640. The molecule has 1 atom stereocenters. The van der Waals surface area contributed by atoms with Crippen LogP contribution in [-0.2, 0) is 16.2 Å². The third kappa shape index (κ3) is 3.77. The zero-order valence-corrected chi connectivity index (χ0v) is 13.5. The highest BCUT2D eigenvalue weighted by molar-refractivity contribution is 9.10. The molecule has 0 spiro atoms. The summed E-state index contributed by atoms with van der Waals surface area (Å²) in [5.74, 6) is 0. The Morgan fingerprint density at radius 1 is 1.33 bits per heavy atom. The van der Waals surface area contributed by atoms with E-state index in [2.05, 4.69) is 21.2 Å². The molecule has 21 heavy (non-hydrogen) atoms. The molecule has 1 aromatic rings. The first-order valence-electron chi connectivity index (χ1n) is 6.22. The average molecular weight is 387 g/mol. The molecule has 1 aliphatic rings. The molecule has 118 valence electrons. The SMILES string of the molecule is CC1CN(S(=O)(=O)c2cc(Br)cc(C(F)(F)F)c2)CCN1. The van der Waals surface area contributed by atoms with Gasteiger partial charge in [-0.05, 0) is 25.1 Å². The van der Waals surface area contributed by atoms with E-state index >= 15 is 0 Å². The molecule has 1 unspecified atom stereocenters. The molecular weight excluding hydrogens is 373 g/mol. The van der Waals surface area contributed by atoms with Gasteiger partial charge in [0.15, 0.2) is 0 Å². The van der Waals surface area contributed by atoms with Crippen LogP contribution in [0.3, 0.4) is 0 Å². The van der Waals surface area contributed by atoms with Crippen LogP contribution < -0.4 is 5.32 Å². The molecular formula is C12H14BrF3N2O2S. The van der Waals surface area contributed by atoms with Crippen LogP contribution in [-0.4, -0.2) is 38.4 Å². The minimum absolute atomic E-state index is 0.0391. The maximum atomic E-state index is 12.8. The lowest BCUT2D eigenvalue weighted by molar-refractivity contribution is -0.137. The number of benzene rings is 1. The summed E-state index contributed by atoms with van der Waals surface area (Å²) in [6.07, 6.45) is -4.59. The number of nitrogens with one attached hydrogen (secondary N) is 1. The van der Waals surface area contributed by atoms with Crippen molar-refractivity contribution in [2.24, 2.45) is 0 Å². The summed E-state index contributed by atoms with van der Waals surface area (Å²) in [6.45, 7) is 2.76. The second-order valence-corrected chi connectivity index (χ2v) is 7.75. The van der Waals surface area contributed by atoms with Crippen molar-refractivity contribution >= 4 is 26.0 Å². The van der Waals surface area contributed by atoms with Gasteiger partial charge < -0.3 is 5.32 Å². The highest BCUT2D eigenvalue weighted by atomic mass is 79.9. The number of hydrogen-bond acceptors (Lipinski definition) is 3. The number of alkyl halides is 3. The van der Waals surface area contributed by atoms with Crippen molar-refractivity contribution in [2.75, 3.05) is 19.6 Å². The van der Waals surface area contributed by atoms with Crippen molar-refractivity contribution in [3.8, 4) is 0 Å². The molecule has 1 aliphatic heterocycles. The van der Waals surface area contributed by atoms with Gasteiger partial charge in [0, 0.05) is 30.1 Å². The van der Waals surface area contributed by atoms with E-state index in [1.54, 1.807) is 0 Å². The minimum atomic E-state index is -4.59. The van der Waals surface area contributed by atoms with E-state index in [-0.39, 0.29) is 28.5 Å². The molecule has 1 N–H and O–H groups in total. The van der Waals surface area contributed by atoms with Crippen molar-refractivity contribution in [1.29, 1.82) is 0 Å². The van der Waals surface area contributed by atoms with Crippen LogP contribution >= 0.6 is 15.9 Å². The zero-order valence-electron chi connectivity index (χ0n) is 11.1. The smallest absolute Gasteiger partial charge is 0.312 e. The highest BCUT2D eigenvalue weighted by Crippen LogP contribution is 2.33. The fourth-order valence-corrected chi connectivity index (χ4v) is 4.39. The van der Waals surface area contributed by atoms with Crippen LogP contribution in [0.15, 0.2) is 27.6 Å². The van der Waals surface area contributed by atoms with E-state index < -0.39 is 21.8 Å². The number of sulfonamides is 1. The number of rotatable bonds is 2. The van der Waals surface area contributed by atoms with Gasteiger partial charge in [-0.3, -0.25) is 0 Å². The molecule has 1 aromatic carbocycles. The number of piperazine rings is 1. The van der Waals surface area contributed by atoms with Crippen molar-refractivity contribution in [3.05, 3.63) is 28.2 Å². The molecule has 0 aromatic heterocycles. The predicted molar refractivity (Wildman–Crippen MR) is 75.4 cm³/mol. The maximum Gasteiger partial charge on any atom is 0.416 e. The van der Waals surface area contributed by atoms with Crippen molar-refractivity contribution in [1.82, 2.24) is 9.62 Å². The van der Waals surface area contributed by atoms with Gasteiger partial charge >= 0.3 is 6.18 Å². The number of halogens is 4. The molecule has 0 saturated carbocycles. The molecule has 1 heterocycles. The molecule has 4 nitrogen and oxygen atoms in total.